The lowest BCUT2D eigenvalue weighted by atomic mass is 9.84. The topological polar surface area (TPSA) is 61.4 Å². The van der Waals surface area contributed by atoms with Crippen LogP contribution in [-0.4, -0.2) is 48.1 Å². The Morgan fingerprint density at radius 3 is 2.50 bits per heavy atom. The lowest BCUT2D eigenvalue weighted by Gasteiger charge is -2.30. The Kier molecular flexibility index (Phi) is 4.92. The Morgan fingerprint density at radius 2 is 1.96 bits per heavy atom. The number of fused-ring (bicyclic) bond motifs is 2. The van der Waals surface area contributed by atoms with Crippen molar-refractivity contribution in [1.82, 2.24) is 20.2 Å². The van der Waals surface area contributed by atoms with Crippen LogP contribution in [0.3, 0.4) is 0 Å². The Labute approximate surface area is 144 Å². The molecule has 2 saturated carbocycles. The fraction of sp³-hybridized carbons (Fsp3) is 0.722. The van der Waals surface area contributed by atoms with E-state index in [0.717, 1.165) is 17.4 Å². The van der Waals surface area contributed by atoms with Gasteiger partial charge in [0.1, 0.15) is 0 Å². The van der Waals surface area contributed by atoms with E-state index in [0.29, 0.717) is 18.4 Å². The number of aromatic nitrogens is 2. The van der Waals surface area contributed by atoms with Crippen molar-refractivity contribution in [3.63, 3.8) is 0 Å². The maximum atomic E-state index is 12.5. The van der Waals surface area contributed by atoms with Crippen molar-refractivity contribution in [2.45, 2.75) is 45.2 Å². The van der Waals surface area contributed by atoms with Crippen LogP contribution in [0.25, 0.3) is 0 Å². The third kappa shape index (κ3) is 3.62. The molecular formula is C18H29N5O. The van der Waals surface area contributed by atoms with E-state index in [2.05, 4.69) is 22.2 Å². The van der Waals surface area contributed by atoms with Crippen molar-refractivity contribution < 1.29 is 4.79 Å². The summed E-state index contributed by atoms with van der Waals surface area (Å²) < 4.78 is 0. The zero-order valence-corrected chi connectivity index (χ0v) is 15.2. The number of nitrogens with zero attached hydrogens (tertiary/aromatic N) is 4. The van der Waals surface area contributed by atoms with Gasteiger partial charge in [0, 0.05) is 45.1 Å². The molecule has 2 aliphatic rings. The smallest absolute Gasteiger partial charge is 0.317 e. The van der Waals surface area contributed by atoms with Crippen LogP contribution in [0.1, 0.15) is 38.2 Å². The zero-order chi connectivity index (χ0) is 17.3. The summed E-state index contributed by atoms with van der Waals surface area (Å²) in [5, 5.41) is 3.19. The monoisotopic (exact) mass is 331 g/mol. The summed E-state index contributed by atoms with van der Waals surface area (Å²) in [6.45, 7) is 2.68. The van der Waals surface area contributed by atoms with Crippen molar-refractivity contribution in [3.05, 3.63) is 18.0 Å². The second-order valence-corrected chi connectivity index (χ2v) is 7.72. The average Bonchev–Trinajstić information content (AvgIpc) is 3.18. The van der Waals surface area contributed by atoms with Crippen LogP contribution in [-0.2, 0) is 6.54 Å². The van der Waals surface area contributed by atoms with Crippen LogP contribution < -0.4 is 10.2 Å². The number of hydrogen-bond donors (Lipinski definition) is 1. The Morgan fingerprint density at radius 1 is 1.25 bits per heavy atom. The first-order valence-electron chi connectivity index (χ1n) is 8.94. The van der Waals surface area contributed by atoms with Gasteiger partial charge in [-0.2, -0.15) is 0 Å². The molecule has 1 heterocycles. The second-order valence-electron chi connectivity index (χ2n) is 7.72. The van der Waals surface area contributed by atoms with Crippen LogP contribution >= 0.6 is 0 Å². The Balaban J connectivity index is 1.51. The molecule has 0 spiro atoms. The summed E-state index contributed by atoms with van der Waals surface area (Å²) in [5.41, 5.74) is 0.936. The molecule has 2 bridgehead atoms. The van der Waals surface area contributed by atoms with Gasteiger partial charge in [-0.05, 0) is 43.9 Å². The number of rotatable bonds is 5. The molecule has 1 aromatic rings. The number of anilines is 1. The molecule has 24 heavy (non-hydrogen) atoms. The van der Waals surface area contributed by atoms with Crippen molar-refractivity contribution in [2.75, 3.05) is 26.0 Å². The second kappa shape index (κ2) is 6.95. The SMILES string of the molecule is C[C@@H](NC(=O)N(C)Cc1cnc(N(C)C)nc1)[C@H]1C[C@H]2CC[C@H]1C2. The Hall–Kier alpha value is -1.85. The van der Waals surface area contributed by atoms with E-state index in [1.807, 2.05) is 26.0 Å². The van der Waals surface area contributed by atoms with Gasteiger partial charge in [0.05, 0.1) is 6.54 Å². The quantitative estimate of drug-likeness (QED) is 0.900. The third-order valence-corrected chi connectivity index (χ3v) is 5.64. The summed E-state index contributed by atoms with van der Waals surface area (Å²) >= 11 is 0. The molecule has 0 radical (unpaired) electrons. The van der Waals surface area contributed by atoms with Crippen LogP contribution in [0.5, 0.6) is 0 Å². The Bertz CT molecular complexity index is 573. The minimum Gasteiger partial charge on any atom is -0.347 e. The summed E-state index contributed by atoms with van der Waals surface area (Å²) in [6, 6.07) is 0.240. The average molecular weight is 331 g/mol. The highest BCUT2D eigenvalue weighted by Crippen LogP contribution is 2.49. The molecular weight excluding hydrogens is 302 g/mol. The third-order valence-electron chi connectivity index (χ3n) is 5.64. The number of nitrogens with one attached hydrogen (secondary N) is 1. The van der Waals surface area contributed by atoms with Crippen LogP contribution in [0, 0.1) is 17.8 Å². The normalized spacial score (nSPS) is 26.2. The summed E-state index contributed by atoms with van der Waals surface area (Å²) in [6.07, 6.45) is 8.97. The van der Waals surface area contributed by atoms with Gasteiger partial charge >= 0.3 is 6.03 Å². The molecule has 3 rings (SSSR count). The van der Waals surface area contributed by atoms with E-state index in [-0.39, 0.29) is 12.1 Å². The minimum absolute atomic E-state index is 0.0121. The van der Waals surface area contributed by atoms with Crippen molar-refractivity contribution in [1.29, 1.82) is 0 Å². The highest BCUT2D eigenvalue weighted by atomic mass is 16.2. The van der Waals surface area contributed by atoms with E-state index in [1.54, 1.807) is 17.3 Å². The summed E-state index contributed by atoms with van der Waals surface area (Å²) in [5.74, 6) is 3.06. The molecule has 0 aliphatic heterocycles. The van der Waals surface area contributed by atoms with Gasteiger partial charge < -0.3 is 15.1 Å². The predicted octanol–water partition coefficient (Wildman–Crippen LogP) is 2.51. The van der Waals surface area contributed by atoms with Crippen molar-refractivity contribution >= 4 is 12.0 Å². The molecule has 0 saturated heterocycles. The van der Waals surface area contributed by atoms with Crippen molar-refractivity contribution in [3.8, 4) is 0 Å². The van der Waals surface area contributed by atoms with Crippen LogP contribution in [0.15, 0.2) is 12.4 Å². The van der Waals surface area contributed by atoms with Gasteiger partial charge in [-0.1, -0.05) is 6.42 Å². The highest BCUT2D eigenvalue weighted by molar-refractivity contribution is 5.74. The number of hydrogen-bond acceptors (Lipinski definition) is 4. The first kappa shape index (κ1) is 17.0. The van der Waals surface area contributed by atoms with Crippen LogP contribution in [0.2, 0.25) is 0 Å². The lowest BCUT2D eigenvalue weighted by molar-refractivity contribution is 0.190. The van der Waals surface area contributed by atoms with E-state index in [9.17, 15) is 4.79 Å². The lowest BCUT2D eigenvalue weighted by Crippen LogP contribution is -2.45. The highest BCUT2D eigenvalue weighted by Gasteiger charge is 2.42. The maximum Gasteiger partial charge on any atom is 0.317 e. The molecule has 4 atom stereocenters. The van der Waals surface area contributed by atoms with Gasteiger partial charge in [-0.25, -0.2) is 14.8 Å². The molecule has 1 N–H and O–H groups in total. The molecule has 6 nitrogen and oxygen atoms in total. The predicted molar refractivity (Wildman–Crippen MR) is 94.8 cm³/mol. The number of amides is 2. The standard InChI is InChI=1S/C18H29N5O/c1-12(16-8-13-5-6-15(16)7-13)21-18(24)23(4)11-14-9-19-17(20-10-14)22(2)3/h9-10,12-13,15-16H,5-8,11H2,1-4H3,(H,21,24)/t12-,13+,15+,16-/m1/s1. The van der Waals surface area contributed by atoms with Gasteiger partial charge in [-0.3, -0.25) is 0 Å². The summed E-state index contributed by atoms with van der Waals surface area (Å²) in [7, 11) is 5.64. The molecule has 2 aliphatic carbocycles. The first-order valence-corrected chi connectivity index (χ1v) is 8.94. The largest absolute Gasteiger partial charge is 0.347 e. The number of carbonyl (C=O) groups is 1. The van der Waals surface area contributed by atoms with Gasteiger partial charge in [0.2, 0.25) is 5.95 Å². The number of carbonyl (C=O) groups excluding carboxylic acids is 1. The van der Waals surface area contributed by atoms with Gasteiger partial charge in [0.15, 0.2) is 0 Å². The fourth-order valence-electron chi connectivity index (χ4n) is 4.32. The van der Waals surface area contributed by atoms with Crippen LogP contribution in [0.4, 0.5) is 10.7 Å². The van der Waals surface area contributed by atoms with E-state index < -0.39 is 0 Å². The molecule has 6 heteroatoms. The zero-order valence-electron chi connectivity index (χ0n) is 15.2. The fourth-order valence-corrected chi connectivity index (χ4v) is 4.32. The summed E-state index contributed by atoms with van der Waals surface area (Å²) in [4.78, 5) is 24.6. The van der Waals surface area contributed by atoms with Gasteiger partial charge in [0.25, 0.3) is 0 Å². The van der Waals surface area contributed by atoms with E-state index in [4.69, 9.17) is 0 Å². The molecule has 0 aromatic carbocycles. The molecule has 2 fully saturated rings. The molecule has 0 unspecified atom stereocenters. The van der Waals surface area contributed by atoms with E-state index in [1.165, 1.54) is 25.7 Å². The van der Waals surface area contributed by atoms with Crippen molar-refractivity contribution in [2.24, 2.45) is 17.8 Å². The minimum atomic E-state index is -0.0121. The maximum absolute atomic E-state index is 12.5. The molecule has 2 amide bonds. The van der Waals surface area contributed by atoms with E-state index >= 15 is 0 Å². The first-order chi connectivity index (χ1) is 11.4. The molecule has 1 aromatic heterocycles. The molecule has 132 valence electrons. The van der Waals surface area contributed by atoms with Gasteiger partial charge in [-0.15, -0.1) is 0 Å². The number of urea groups is 1.